The molecule has 0 spiro atoms. The number of halogens is 1. The summed E-state index contributed by atoms with van der Waals surface area (Å²) in [5, 5.41) is 6.66. The van der Waals surface area contributed by atoms with Crippen LogP contribution in [-0.4, -0.2) is 31.6 Å². The third kappa shape index (κ3) is 2.77. The number of fused-ring (bicyclic) bond motifs is 1. The second kappa shape index (κ2) is 5.51. The van der Waals surface area contributed by atoms with Crippen LogP contribution in [0.1, 0.15) is 19.3 Å². The first-order valence-corrected chi connectivity index (χ1v) is 7.60. The van der Waals surface area contributed by atoms with E-state index in [4.69, 9.17) is 0 Å². The Balaban J connectivity index is 1.74. The molecule has 1 atom stereocenters. The first-order chi connectivity index (χ1) is 9.24. The topological polar surface area (TPSA) is 44.4 Å². The summed E-state index contributed by atoms with van der Waals surface area (Å²) in [6.07, 6.45) is 3.51. The first kappa shape index (κ1) is 12.9. The Morgan fingerprint density at radius 1 is 1.42 bits per heavy atom. The molecule has 1 fully saturated rings. The molecule has 2 heterocycles. The molecule has 1 unspecified atom stereocenters. The number of benzene rings is 1. The van der Waals surface area contributed by atoms with Gasteiger partial charge in [-0.2, -0.15) is 0 Å². The van der Waals surface area contributed by atoms with Crippen LogP contribution in [0.5, 0.6) is 0 Å². The zero-order valence-electron chi connectivity index (χ0n) is 10.8. The minimum absolute atomic E-state index is 0.160. The van der Waals surface area contributed by atoms with Crippen LogP contribution in [0.3, 0.4) is 0 Å². The number of rotatable bonds is 3. The molecule has 0 bridgehead atoms. The molecule has 1 aromatic carbocycles. The summed E-state index contributed by atoms with van der Waals surface area (Å²) >= 11 is 3.46. The molecule has 1 amide bonds. The lowest BCUT2D eigenvalue weighted by molar-refractivity contribution is -0.117. The third-order valence-corrected chi connectivity index (χ3v) is 4.34. The van der Waals surface area contributed by atoms with Crippen molar-refractivity contribution in [3.63, 3.8) is 0 Å². The lowest BCUT2D eigenvalue weighted by atomic mass is 10.1. The Bertz CT molecular complexity index is 486. The number of nitrogens with zero attached hydrogens (tertiary/aromatic N) is 1. The van der Waals surface area contributed by atoms with Crippen LogP contribution >= 0.6 is 15.9 Å². The van der Waals surface area contributed by atoms with Gasteiger partial charge in [0.05, 0.1) is 17.9 Å². The van der Waals surface area contributed by atoms with Gasteiger partial charge in [-0.1, -0.05) is 15.9 Å². The normalized spacial score (nSPS) is 22.3. The number of hydrogen-bond acceptors (Lipinski definition) is 3. The van der Waals surface area contributed by atoms with E-state index in [9.17, 15) is 4.79 Å². The van der Waals surface area contributed by atoms with Gasteiger partial charge in [0.2, 0.25) is 5.91 Å². The Morgan fingerprint density at radius 2 is 2.32 bits per heavy atom. The standard InChI is InChI=1S/C14H18BrN3O/c15-10-3-4-13-12(8-10)17-9-14(19)18(13)7-5-11-2-1-6-16-11/h3-4,8,11,16-17H,1-2,5-7,9H2. The van der Waals surface area contributed by atoms with Crippen LogP contribution in [0.4, 0.5) is 11.4 Å². The van der Waals surface area contributed by atoms with Crippen LogP contribution in [0.25, 0.3) is 0 Å². The van der Waals surface area contributed by atoms with Gasteiger partial charge in [0.1, 0.15) is 0 Å². The molecular formula is C14H18BrN3O. The van der Waals surface area contributed by atoms with E-state index >= 15 is 0 Å². The predicted molar refractivity (Wildman–Crippen MR) is 80.6 cm³/mol. The molecule has 0 saturated carbocycles. The lowest BCUT2D eigenvalue weighted by Gasteiger charge is -2.31. The molecule has 2 aliphatic rings. The molecule has 4 nitrogen and oxygen atoms in total. The van der Waals surface area contributed by atoms with Crippen LogP contribution < -0.4 is 15.5 Å². The van der Waals surface area contributed by atoms with Gasteiger partial charge in [0, 0.05) is 17.1 Å². The Morgan fingerprint density at radius 3 is 3.11 bits per heavy atom. The lowest BCUT2D eigenvalue weighted by Crippen LogP contribution is -2.42. The molecule has 0 aliphatic carbocycles. The zero-order valence-corrected chi connectivity index (χ0v) is 12.4. The molecule has 5 heteroatoms. The maximum atomic E-state index is 12.1. The highest BCUT2D eigenvalue weighted by Gasteiger charge is 2.25. The van der Waals surface area contributed by atoms with Crippen molar-refractivity contribution >= 4 is 33.2 Å². The quantitative estimate of drug-likeness (QED) is 0.897. The van der Waals surface area contributed by atoms with Gasteiger partial charge in [-0.25, -0.2) is 0 Å². The number of nitrogens with one attached hydrogen (secondary N) is 2. The number of hydrogen-bond donors (Lipinski definition) is 2. The fourth-order valence-corrected chi connectivity index (χ4v) is 3.18. The Hall–Kier alpha value is -1.07. The summed E-state index contributed by atoms with van der Waals surface area (Å²) in [5.41, 5.74) is 2.03. The molecule has 0 aromatic heterocycles. The van der Waals surface area contributed by atoms with Gasteiger partial charge >= 0.3 is 0 Å². The van der Waals surface area contributed by atoms with Gasteiger partial charge in [-0.15, -0.1) is 0 Å². The summed E-state index contributed by atoms with van der Waals surface area (Å²) in [6, 6.07) is 6.59. The van der Waals surface area contributed by atoms with Crippen molar-refractivity contribution in [1.82, 2.24) is 5.32 Å². The third-order valence-electron chi connectivity index (χ3n) is 3.84. The van der Waals surface area contributed by atoms with Crippen molar-refractivity contribution in [3.05, 3.63) is 22.7 Å². The minimum atomic E-state index is 0.160. The molecule has 102 valence electrons. The van der Waals surface area contributed by atoms with Gasteiger partial charge in [0.15, 0.2) is 0 Å². The summed E-state index contributed by atoms with van der Waals surface area (Å²) in [7, 11) is 0. The van der Waals surface area contributed by atoms with Crippen molar-refractivity contribution in [2.45, 2.75) is 25.3 Å². The highest BCUT2D eigenvalue weighted by molar-refractivity contribution is 9.10. The van der Waals surface area contributed by atoms with Gasteiger partial charge in [0.25, 0.3) is 0 Å². The van der Waals surface area contributed by atoms with Crippen LogP contribution in [0.2, 0.25) is 0 Å². The van der Waals surface area contributed by atoms with Crippen LogP contribution in [-0.2, 0) is 4.79 Å². The molecular weight excluding hydrogens is 306 g/mol. The molecule has 2 N–H and O–H groups in total. The van der Waals surface area contributed by atoms with E-state index in [-0.39, 0.29) is 5.91 Å². The fourth-order valence-electron chi connectivity index (χ4n) is 2.82. The average molecular weight is 324 g/mol. The number of carbonyl (C=O) groups is 1. The van der Waals surface area contributed by atoms with Crippen molar-refractivity contribution in [3.8, 4) is 0 Å². The fraction of sp³-hybridized carbons (Fsp3) is 0.500. The van der Waals surface area contributed by atoms with E-state index < -0.39 is 0 Å². The summed E-state index contributed by atoms with van der Waals surface area (Å²) in [5.74, 6) is 0.160. The van der Waals surface area contributed by atoms with Crippen molar-refractivity contribution < 1.29 is 4.79 Å². The van der Waals surface area contributed by atoms with E-state index in [2.05, 4.69) is 26.6 Å². The second-order valence-corrected chi connectivity index (χ2v) is 6.06. The van der Waals surface area contributed by atoms with Gasteiger partial charge in [-0.3, -0.25) is 4.79 Å². The summed E-state index contributed by atoms with van der Waals surface area (Å²) in [4.78, 5) is 14.0. The van der Waals surface area contributed by atoms with Crippen molar-refractivity contribution in [2.75, 3.05) is 29.9 Å². The number of anilines is 2. The van der Waals surface area contributed by atoms with E-state index in [0.717, 1.165) is 35.4 Å². The van der Waals surface area contributed by atoms with E-state index in [0.29, 0.717) is 12.6 Å². The summed E-state index contributed by atoms with van der Waals surface area (Å²) in [6.45, 7) is 2.30. The highest BCUT2D eigenvalue weighted by Crippen LogP contribution is 2.32. The first-order valence-electron chi connectivity index (χ1n) is 6.81. The SMILES string of the molecule is O=C1CNc2cc(Br)ccc2N1CCC1CCCN1. The summed E-state index contributed by atoms with van der Waals surface area (Å²) < 4.78 is 1.03. The Labute approximate surface area is 121 Å². The smallest absolute Gasteiger partial charge is 0.246 e. The van der Waals surface area contributed by atoms with Crippen LogP contribution in [0, 0.1) is 0 Å². The molecule has 3 rings (SSSR count). The molecule has 0 radical (unpaired) electrons. The number of carbonyl (C=O) groups excluding carboxylic acids is 1. The van der Waals surface area contributed by atoms with E-state index in [1.54, 1.807) is 0 Å². The van der Waals surface area contributed by atoms with E-state index in [1.807, 2.05) is 23.1 Å². The maximum Gasteiger partial charge on any atom is 0.246 e. The molecule has 2 aliphatic heterocycles. The van der Waals surface area contributed by atoms with Crippen LogP contribution in [0.15, 0.2) is 22.7 Å². The van der Waals surface area contributed by atoms with Gasteiger partial charge < -0.3 is 15.5 Å². The Kier molecular flexibility index (Phi) is 3.75. The predicted octanol–water partition coefficient (Wildman–Crippen LogP) is 2.35. The van der Waals surface area contributed by atoms with Crippen molar-refractivity contribution in [1.29, 1.82) is 0 Å². The van der Waals surface area contributed by atoms with Gasteiger partial charge in [-0.05, 0) is 44.0 Å². The monoisotopic (exact) mass is 323 g/mol. The average Bonchev–Trinajstić information content (AvgIpc) is 2.91. The second-order valence-electron chi connectivity index (χ2n) is 5.14. The highest BCUT2D eigenvalue weighted by atomic mass is 79.9. The maximum absolute atomic E-state index is 12.1. The zero-order chi connectivity index (χ0) is 13.2. The number of amides is 1. The minimum Gasteiger partial charge on any atom is -0.374 e. The largest absolute Gasteiger partial charge is 0.374 e. The molecule has 1 aromatic rings. The van der Waals surface area contributed by atoms with Crippen molar-refractivity contribution in [2.24, 2.45) is 0 Å². The van der Waals surface area contributed by atoms with E-state index in [1.165, 1.54) is 12.8 Å². The molecule has 19 heavy (non-hydrogen) atoms. The molecule has 1 saturated heterocycles.